The van der Waals surface area contributed by atoms with Gasteiger partial charge < -0.3 is 19.7 Å². The van der Waals surface area contributed by atoms with Gasteiger partial charge in [-0.25, -0.2) is 44.6 Å². The molecule has 6 N–H and O–H groups in total. The summed E-state index contributed by atoms with van der Waals surface area (Å²) < 4.78 is 120. The van der Waals surface area contributed by atoms with Crippen molar-refractivity contribution < 1.29 is 43.2 Å². The number of hydrogen-bond acceptors (Lipinski definition) is 10. The van der Waals surface area contributed by atoms with Gasteiger partial charge in [0.05, 0.1) is 68.9 Å². The molecule has 22 heteroatoms. The molecule has 0 amide bonds. The van der Waals surface area contributed by atoms with E-state index in [0.29, 0.717) is 28.7 Å². The van der Waals surface area contributed by atoms with Crippen LogP contribution in [0.4, 0.5) is 30.2 Å². The third-order valence-electron chi connectivity index (χ3n) is 13.6. The van der Waals surface area contributed by atoms with Crippen molar-refractivity contribution in [2.24, 2.45) is 0 Å². The number of ether oxygens (including phenoxy) is 1. The van der Waals surface area contributed by atoms with Crippen LogP contribution in [0.1, 0.15) is 45.3 Å². The quantitative estimate of drug-likeness (QED) is 0.0504. The zero-order valence-corrected chi connectivity index (χ0v) is 52.0. The molecule has 12 aromatic rings. The highest BCUT2D eigenvalue weighted by atomic mass is 32.2. The van der Waals surface area contributed by atoms with E-state index in [4.69, 9.17) is 0 Å². The summed E-state index contributed by atoms with van der Waals surface area (Å²) in [7, 11) is -10.2. The molecule has 0 atom stereocenters. The minimum absolute atomic E-state index is 0.0964. The minimum Gasteiger partial charge on any atom is -0.435 e. The molecular weight excluding hydrogens is 1220 g/mol. The second-order valence-electron chi connectivity index (χ2n) is 21.2. The van der Waals surface area contributed by atoms with Crippen LogP contribution in [0.25, 0.3) is 103 Å². The molecule has 0 saturated heterocycles. The van der Waals surface area contributed by atoms with Gasteiger partial charge in [-0.15, -0.1) is 0 Å². The van der Waals surface area contributed by atoms with E-state index in [9.17, 15) is 38.4 Å². The van der Waals surface area contributed by atoms with Crippen molar-refractivity contribution in [3.8, 4) is 39.1 Å². The molecule has 3 aromatic heterocycles. The van der Waals surface area contributed by atoms with Gasteiger partial charge in [-0.3, -0.25) is 14.2 Å². The van der Waals surface area contributed by atoms with Gasteiger partial charge in [-0.1, -0.05) is 139 Å². The molecule has 0 unspecified atom stereocenters. The number of aromatic amines is 3. The number of sulfonamides is 3. The number of aryl methyl sites for hydroxylation is 2. The number of fused-ring (bicyclic) bond motifs is 3. The summed E-state index contributed by atoms with van der Waals surface area (Å²) in [6.45, 7) is 1.05. The molecule has 9 aromatic carbocycles. The van der Waals surface area contributed by atoms with Crippen molar-refractivity contribution in [3.05, 3.63) is 245 Å². The Hall–Kier alpha value is -10.6. The predicted octanol–water partition coefficient (Wildman–Crippen LogP) is 15.7. The summed E-state index contributed by atoms with van der Waals surface area (Å²) in [4.78, 5) is 23.5. The molecule has 91 heavy (non-hydrogen) atoms. The summed E-state index contributed by atoms with van der Waals surface area (Å²) in [5, 5.41) is 0. The fourth-order valence-electron chi connectivity index (χ4n) is 9.72. The van der Waals surface area contributed by atoms with E-state index in [0.717, 1.165) is 113 Å². The number of aromatic nitrogens is 6. The van der Waals surface area contributed by atoms with E-state index in [1.165, 1.54) is 29.8 Å². The number of H-pyrrole nitrogens is 3. The van der Waals surface area contributed by atoms with E-state index >= 15 is 0 Å². The first kappa shape index (κ1) is 63.5. The van der Waals surface area contributed by atoms with Crippen LogP contribution in [-0.4, -0.2) is 80.5 Å². The van der Waals surface area contributed by atoms with Crippen molar-refractivity contribution >= 4 is 117 Å². The SMILES string of the molecule is CS(=O)(=O)Nc1ccccc1-c1ccc2nc(/C=C/c3ccc(OC(F)F)cc3)[nH]c2c1.Cc1cc(F)cc(/C=C/c2nc3ccc(-c4ccccc4NS(C)(=O)=O)cc3[nH]2)c1.Cc1ccc(/C=C/c2nc3ccc(-c4ccccc4NS(C)(=O)=O)cc3[nH]2)cc1. The number of imidazole rings is 3. The first-order chi connectivity index (χ1) is 43.4. The number of rotatable bonds is 17. The third kappa shape index (κ3) is 17.8. The first-order valence-electron chi connectivity index (χ1n) is 28.0. The normalized spacial score (nSPS) is 12.0. The monoisotopic (exact) mass is 1280 g/mol. The number of nitrogens with one attached hydrogen (secondary N) is 6. The summed E-state index contributed by atoms with van der Waals surface area (Å²) in [5.41, 5.74) is 16.1. The Labute approximate surface area is 524 Å². The number of para-hydroxylation sites is 3. The average Bonchev–Trinajstić information content (AvgIpc) is 2.28. The van der Waals surface area contributed by atoms with Crippen molar-refractivity contribution in [3.63, 3.8) is 0 Å². The summed E-state index contributed by atoms with van der Waals surface area (Å²) >= 11 is 0. The van der Waals surface area contributed by atoms with Gasteiger partial charge in [0.1, 0.15) is 29.0 Å². The Morgan fingerprint density at radius 2 is 0.758 bits per heavy atom. The molecule has 0 aliphatic carbocycles. The van der Waals surface area contributed by atoms with Crippen molar-refractivity contribution in [2.75, 3.05) is 32.9 Å². The van der Waals surface area contributed by atoms with Gasteiger partial charge in [0, 0.05) is 16.7 Å². The molecule has 0 spiro atoms. The van der Waals surface area contributed by atoms with Crippen molar-refractivity contribution in [2.45, 2.75) is 20.5 Å². The average molecular weight is 1280 g/mol. The number of nitrogens with zero attached hydrogens (tertiary/aromatic N) is 3. The van der Waals surface area contributed by atoms with Gasteiger partial charge in [0.2, 0.25) is 30.1 Å². The van der Waals surface area contributed by atoms with Gasteiger partial charge in [0.15, 0.2) is 0 Å². The standard InChI is InChI=1S/C23H19F2N3O3S.C23H20FN3O2S.C23H21N3O2S/c1-32(29,30)28-19-5-3-2-4-18(19)16-9-12-20-21(14-16)27-22(26-20)13-8-15-6-10-17(11-7-15)31-23(24)25;1-15-11-16(13-18(24)12-15)7-10-23-25-21-9-8-17(14-22(21)26-23)19-5-3-4-6-20(19)27-30(2,28)29;1-16-7-9-17(10-8-16)11-14-23-24-21-13-12-18(15-22(21)25-23)19-5-3-4-6-20(19)26-29(2,27)28/h2-14,23,28H,1H3,(H,26,27);3-14,27H,1-2H3,(H,25,26);3-15,26H,1-2H3,(H,24,25)/b13-8+;10-7+;14-11+. The van der Waals surface area contributed by atoms with Crippen molar-refractivity contribution in [1.82, 2.24) is 29.9 Å². The van der Waals surface area contributed by atoms with Gasteiger partial charge in [-0.2, -0.15) is 8.78 Å². The number of halogens is 3. The highest BCUT2D eigenvalue weighted by molar-refractivity contribution is 7.92. The van der Waals surface area contributed by atoms with E-state index in [2.05, 4.69) is 80.0 Å². The maximum absolute atomic E-state index is 13.6. The number of anilines is 3. The Morgan fingerprint density at radius 3 is 1.11 bits per heavy atom. The number of hydrogen-bond donors (Lipinski definition) is 6. The summed E-state index contributed by atoms with van der Waals surface area (Å²) in [6, 6.07) is 58.3. The number of benzene rings is 9. The van der Waals surface area contributed by atoms with Gasteiger partial charge >= 0.3 is 6.61 Å². The lowest BCUT2D eigenvalue weighted by Crippen LogP contribution is -2.10. The smallest absolute Gasteiger partial charge is 0.387 e. The molecule has 0 fully saturated rings. The Bertz CT molecular complexity index is 5050. The first-order valence-corrected chi connectivity index (χ1v) is 33.7. The lowest BCUT2D eigenvalue weighted by atomic mass is 10.0. The maximum atomic E-state index is 13.6. The van der Waals surface area contributed by atoms with E-state index in [-0.39, 0.29) is 11.6 Å². The van der Waals surface area contributed by atoms with Gasteiger partial charge in [-0.05, 0) is 150 Å². The molecule has 0 saturated carbocycles. The molecule has 12 rings (SSSR count). The zero-order valence-electron chi connectivity index (χ0n) is 49.6. The molecular formula is C69H60F3N9O7S3. The number of alkyl halides is 2. The topological polar surface area (TPSA) is 234 Å². The second-order valence-corrected chi connectivity index (χ2v) is 26.5. The summed E-state index contributed by atoms with van der Waals surface area (Å²) in [6.07, 6.45) is 14.5. The minimum atomic E-state index is -3.41. The maximum Gasteiger partial charge on any atom is 0.387 e. The Morgan fingerprint density at radius 1 is 0.407 bits per heavy atom. The third-order valence-corrected chi connectivity index (χ3v) is 15.4. The van der Waals surface area contributed by atoms with Crippen LogP contribution in [0.3, 0.4) is 0 Å². The van der Waals surface area contributed by atoms with Crippen LogP contribution in [0.5, 0.6) is 5.75 Å². The van der Waals surface area contributed by atoms with Crippen LogP contribution < -0.4 is 18.9 Å². The molecule has 16 nitrogen and oxygen atoms in total. The van der Waals surface area contributed by atoms with Crippen LogP contribution in [0.2, 0.25) is 0 Å². The molecule has 0 aliphatic rings. The van der Waals surface area contributed by atoms with E-state index < -0.39 is 36.7 Å². The van der Waals surface area contributed by atoms with Crippen LogP contribution >= 0.6 is 0 Å². The van der Waals surface area contributed by atoms with E-state index in [1.807, 2.05) is 116 Å². The van der Waals surface area contributed by atoms with E-state index in [1.54, 1.807) is 72.8 Å². The lowest BCUT2D eigenvalue weighted by Gasteiger charge is -2.10. The summed E-state index contributed by atoms with van der Waals surface area (Å²) in [5.74, 6) is 1.85. The zero-order chi connectivity index (χ0) is 64.5. The van der Waals surface area contributed by atoms with Crippen molar-refractivity contribution in [1.29, 1.82) is 0 Å². The highest BCUT2D eigenvalue weighted by Crippen LogP contribution is 2.34. The molecule has 0 radical (unpaired) electrons. The van der Waals surface area contributed by atoms with Crippen LogP contribution in [0.15, 0.2) is 194 Å². The second kappa shape index (κ2) is 27.5. The highest BCUT2D eigenvalue weighted by Gasteiger charge is 2.15. The molecule has 462 valence electrons. The molecule has 0 bridgehead atoms. The Kier molecular flexibility index (Phi) is 19.1. The molecule has 0 aliphatic heterocycles. The van der Waals surface area contributed by atoms with Crippen LogP contribution in [-0.2, 0) is 30.1 Å². The molecule has 3 heterocycles. The fraction of sp³-hybridized carbons (Fsp3) is 0.0870. The van der Waals surface area contributed by atoms with Crippen LogP contribution in [0, 0.1) is 19.7 Å². The lowest BCUT2D eigenvalue weighted by molar-refractivity contribution is -0.0498. The fourth-order valence-corrected chi connectivity index (χ4v) is 11.5. The largest absolute Gasteiger partial charge is 0.435 e. The Balaban J connectivity index is 0.000000150. The van der Waals surface area contributed by atoms with Gasteiger partial charge in [0.25, 0.3) is 0 Å². The predicted molar refractivity (Wildman–Crippen MR) is 362 cm³/mol.